The van der Waals surface area contributed by atoms with Crippen LogP contribution in [0.15, 0.2) is 40.3 Å². The van der Waals surface area contributed by atoms with E-state index in [2.05, 4.69) is 32.3 Å². The molecule has 0 saturated carbocycles. The molecule has 2 heterocycles. The normalized spacial score (nSPS) is 11.1. The molecule has 0 radical (unpaired) electrons. The number of nitriles is 1. The van der Waals surface area contributed by atoms with Crippen molar-refractivity contribution < 1.29 is 14.3 Å². The molecule has 9 heteroatoms. The van der Waals surface area contributed by atoms with Gasteiger partial charge in [0.05, 0.1) is 22.7 Å². The van der Waals surface area contributed by atoms with Gasteiger partial charge in [0.1, 0.15) is 21.7 Å². The van der Waals surface area contributed by atoms with Gasteiger partial charge in [-0.2, -0.15) is 5.26 Å². The van der Waals surface area contributed by atoms with Gasteiger partial charge in [-0.3, -0.25) is 4.79 Å². The summed E-state index contributed by atoms with van der Waals surface area (Å²) < 4.78 is 6.11. The summed E-state index contributed by atoms with van der Waals surface area (Å²) in [6.45, 7) is 5.11. The summed E-state index contributed by atoms with van der Waals surface area (Å²) in [5, 5.41) is 15.6. The van der Waals surface area contributed by atoms with Crippen LogP contribution in [-0.2, 0) is 4.74 Å². The molecule has 1 N–H and O–H groups in total. The Balaban J connectivity index is 1.92. The molecule has 0 spiro atoms. The van der Waals surface area contributed by atoms with Crippen molar-refractivity contribution in [1.29, 1.82) is 5.26 Å². The average Bonchev–Trinajstić information content (AvgIpc) is 3.34. The first-order valence-corrected chi connectivity index (χ1v) is 11.7. The number of ether oxygens (including phenoxy) is 1. The summed E-state index contributed by atoms with van der Waals surface area (Å²) in [6, 6.07) is 9.89. The van der Waals surface area contributed by atoms with Crippen molar-refractivity contribution >= 4 is 60.9 Å². The molecular formula is C22H18BrN3O3S2. The summed E-state index contributed by atoms with van der Waals surface area (Å²) in [4.78, 5) is 29.4. The van der Waals surface area contributed by atoms with Crippen LogP contribution >= 0.6 is 38.6 Å². The lowest BCUT2D eigenvalue weighted by Crippen LogP contribution is -2.08. The van der Waals surface area contributed by atoms with E-state index in [9.17, 15) is 14.9 Å². The number of hydrogen-bond donors (Lipinski definition) is 1. The minimum Gasteiger partial charge on any atom is -0.462 e. The second-order valence-corrected chi connectivity index (χ2v) is 9.19. The van der Waals surface area contributed by atoms with Crippen LogP contribution in [0.1, 0.15) is 44.4 Å². The molecule has 6 nitrogen and oxygen atoms in total. The van der Waals surface area contributed by atoms with Crippen LogP contribution in [0.5, 0.6) is 0 Å². The molecule has 31 heavy (non-hydrogen) atoms. The second kappa shape index (κ2) is 10.0. The molecule has 3 aromatic rings. The molecule has 1 aromatic carbocycles. The summed E-state index contributed by atoms with van der Waals surface area (Å²) >= 11 is 5.93. The number of benzene rings is 1. The maximum atomic E-state index is 12.4. The number of nitrogens with one attached hydrogen (secondary N) is 1. The van der Waals surface area contributed by atoms with E-state index >= 15 is 0 Å². The largest absolute Gasteiger partial charge is 0.462 e. The van der Waals surface area contributed by atoms with Crippen molar-refractivity contribution in [3.05, 3.63) is 61.3 Å². The number of Topliss-reactive ketones (excluding diaryl/α,β-unsaturated/α-hetero) is 1. The number of hydrogen-bond acceptors (Lipinski definition) is 8. The topological polar surface area (TPSA) is 92.1 Å². The molecular weight excluding hydrogens is 498 g/mol. The number of allylic oxidation sites excluding steroid dienone is 1. The third-order valence-electron chi connectivity index (χ3n) is 4.29. The number of carbonyl (C=O) groups is 2. The number of thiophene rings is 1. The van der Waals surface area contributed by atoms with Crippen LogP contribution < -0.4 is 5.32 Å². The van der Waals surface area contributed by atoms with Crippen LogP contribution in [-0.4, -0.2) is 23.3 Å². The van der Waals surface area contributed by atoms with Crippen molar-refractivity contribution in [2.45, 2.75) is 20.8 Å². The highest BCUT2D eigenvalue weighted by atomic mass is 79.9. The van der Waals surface area contributed by atoms with E-state index in [-0.39, 0.29) is 12.4 Å². The lowest BCUT2D eigenvalue weighted by atomic mass is 10.1. The zero-order valence-corrected chi connectivity index (χ0v) is 20.2. The highest BCUT2D eigenvalue weighted by Crippen LogP contribution is 2.35. The number of ketones is 1. The number of nitrogens with zero attached hydrogens (tertiary/aromatic N) is 2. The standard InChI is InChI=1S/C22H18BrN3O3S2/c1-4-29-22(28)18-12(2)19(13(3)27)31-21(18)25-10-15(9-24)20-26-17(11-30-20)14-5-7-16(23)8-6-14/h5-8,10-11,25H,4H2,1-3H3. The van der Waals surface area contributed by atoms with E-state index in [1.807, 2.05) is 29.6 Å². The maximum absolute atomic E-state index is 12.4. The fraction of sp³-hybridized carbons (Fsp3) is 0.182. The van der Waals surface area contributed by atoms with E-state index in [1.165, 1.54) is 24.5 Å². The monoisotopic (exact) mass is 515 g/mol. The number of thiazole rings is 1. The van der Waals surface area contributed by atoms with Gasteiger partial charge in [-0.1, -0.05) is 28.1 Å². The van der Waals surface area contributed by atoms with Crippen LogP contribution in [0.25, 0.3) is 16.8 Å². The zero-order chi connectivity index (χ0) is 22.5. The van der Waals surface area contributed by atoms with Gasteiger partial charge in [-0.25, -0.2) is 9.78 Å². The van der Waals surface area contributed by atoms with Gasteiger partial charge in [-0.15, -0.1) is 22.7 Å². The Morgan fingerprint density at radius 3 is 2.65 bits per heavy atom. The van der Waals surface area contributed by atoms with Crippen molar-refractivity contribution in [3.63, 3.8) is 0 Å². The molecule has 2 aromatic heterocycles. The highest BCUT2D eigenvalue weighted by Gasteiger charge is 2.24. The molecule has 0 unspecified atom stereocenters. The second-order valence-electron chi connectivity index (χ2n) is 6.40. The smallest absolute Gasteiger partial charge is 0.341 e. The number of carbonyl (C=O) groups excluding carboxylic acids is 2. The summed E-state index contributed by atoms with van der Waals surface area (Å²) in [5.74, 6) is -0.644. The molecule has 0 fully saturated rings. The maximum Gasteiger partial charge on any atom is 0.341 e. The third-order valence-corrected chi connectivity index (χ3v) is 7.02. The van der Waals surface area contributed by atoms with Crippen molar-refractivity contribution in [3.8, 4) is 17.3 Å². The number of anilines is 1. The van der Waals surface area contributed by atoms with E-state index < -0.39 is 5.97 Å². The highest BCUT2D eigenvalue weighted by molar-refractivity contribution is 9.10. The Hall–Kier alpha value is -2.80. The molecule has 0 bridgehead atoms. The molecule has 0 atom stereocenters. The first-order chi connectivity index (χ1) is 14.8. The van der Waals surface area contributed by atoms with E-state index in [4.69, 9.17) is 4.74 Å². The van der Waals surface area contributed by atoms with Crippen molar-refractivity contribution in [2.75, 3.05) is 11.9 Å². The molecule has 0 aliphatic heterocycles. The Bertz CT molecular complexity index is 1200. The van der Waals surface area contributed by atoms with E-state index in [0.29, 0.717) is 31.6 Å². The molecule has 0 aliphatic rings. The van der Waals surface area contributed by atoms with Gasteiger partial charge in [0.2, 0.25) is 0 Å². The van der Waals surface area contributed by atoms with E-state index in [1.54, 1.807) is 13.8 Å². The molecule has 158 valence electrons. The number of rotatable bonds is 7. The molecule has 0 aliphatic carbocycles. The fourth-order valence-electron chi connectivity index (χ4n) is 2.83. The summed E-state index contributed by atoms with van der Waals surface area (Å²) in [6.07, 6.45) is 1.50. The SMILES string of the molecule is CCOC(=O)c1c(NC=C(C#N)c2nc(-c3ccc(Br)cc3)cs2)sc(C(C)=O)c1C. The fourth-order valence-corrected chi connectivity index (χ4v) is 4.95. The van der Waals surface area contributed by atoms with Crippen LogP contribution in [0.4, 0.5) is 5.00 Å². The molecule has 0 amide bonds. The Morgan fingerprint density at radius 2 is 2.03 bits per heavy atom. The summed E-state index contributed by atoms with van der Waals surface area (Å²) in [7, 11) is 0. The first kappa shape index (κ1) is 22.9. The Kier molecular flexibility index (Phi) is 7.38. The van der Waals surface area contributed by atoms with Gasteiger partial charge in [-0.05, 0) is 38.5 Å². The lowest BCUT2D eigenvalue weighted by Gasteiger charge is -2.05. The van der Waals surface area contributed by atoms with Crippen LogP contribution in [0.3, 0.4) is 0 Å². The van der Waals surface area contributed by atoms with Gasteiger partial charge in [0, 0.05) is 21.6 Å². The Morgan fingerprint density at radius 1 is 1.32 bits per heavy atom. The summed E-state index contributed by atoms with van der Waals surface area (Å²) in [5.41, 5.74) is 2.91. The predicted octanol–water partition coefficient (Wildman–Crippen LogP) is 6.30. The van der Waals surface area contributed by atoms with Crippen LogP contribution in [0.2, 0.25) is 0 Å². The van der Waals surface area contributed by atoms with Gasteiger partial charge in [0.25, 0.3) is 0 Å². The lowest BCUT2D eigenvalue weighted by molar-refractivity contribution is 0.0527. The Labute approximate surface area is 196 Å². The minimum atomic E-state index is -0.509. The zero-order valence-electron chi connectivity index (χ0n) is 17.0. The number of aromatic nitrogens is 1. The molecule has 0 saturated heterocycles. The van der Waals surface area contributed by atoms with E-state index in [0.717, 1.165) is 27.1 Å². The quantitative estimate of drug-likeness (QED) is 0.225. The third kappa shape index (κ3) is 5.10. The van der Waals surface area contributed by atoms with Crippen molar-refractivity contribution in [1.82, 2.24) is 4.98 Å². The van der Waals surface area contributed by atoms with Gasteiger partial charge < -0.3 is 10.1 Å². The average molecular weight is 516 g/mol. The van der Waals surface area contributed by atoms with Crippen LogP contribution in [0, 0.1) is 18.3 Å². The van der Waals surface area contributed by atoms with Gasteiger partial charge in [0.15, 0.2) is 5.78 Å². The first-order valence-electron chi connectivity index (χ1n) is 9.25. The minimum absolute atomic E-state index is 0.135. The van der Waals surface area contributed by atoms with Crippen molar-refractivity contribution in [2.24, 2.45) is 0 Å². The predicted molar refractivity (Wildman–Crippen MR) is 127 cm³/mol. The van der Waals surface area contributed by atoms with Gasteiger partial charge >= 0.3 is 5.97 Å². The number of esters is 1. The number of halogens is 1. The molecule has 3 rings (SSSR count).